The molecule has 1 aliphatic carbocycles. The first-order valence-electron chi connectivity index (χ1n) is 9.14. The van der Waals surface area contributed by atoms with E-state index < -0.39 is 5.91 Å². The van der Waals surface area contributed by atoms with Gasteiger partial charge in [-0.3, -0.25) is 14.4 Å². The highest BCUT2D eigenvalue weighted by Gasteiger charge is 2.33. The van der Waals surface area contributed by atoms with Gasteiger partial charge in [0.05, 0.1) is 12.2 Å². The van der Waals surface area contributed by atoms with Crippen LogP contribution in [0.2, 0.25) is 0 Å². The summed E-state index contributed by atoms with van der Waals surface area (Å²) in [6, 6.07) is 15.5. The molecule has 0 saturated carbocycles. The van der Waals surface area contributed by atoms with E-state index in [-0.39, 0.29) is 30.6 Å². The van der Waals surface area contributed by atoms with Crippen molar-refractivity contribution in [2.75, 3.05) is 13.1 Å². The lowest BCUT2D eigenvalue weighted by Gasteiger charge is -2.23. The molecule has 0 fully saturated rings. The van der Waals surface area contributed by atoms with Gasteiger partial charge in [-0.25, -0.2) is 0 Å². The summed E-state index contributed by atoms with van der Waals surface area (Å²) in [6.07, 6.45) is 0. The molecular formula is C22H21N3O3. The van der Waals surface area contributed by atoms with Gasteiger partial charge < -0.3 is 5.32 Å². The minimum atomic E-state index is -0.416. The molecular weight excluding hydrogens is 354 g/mol. The van der Waals surface area contributed by atoms with Crippen LogP contribution in [0.25, 0.3) is 0 Å². The third-order valence-electron chi connectivity index (χ3n) is 4.43. The van der Waals surface area contributed by atoms with Gasteiger partial charge in [0.1, 0.15) is 0 Å². The Hall–Kier alpha value is -3.41. The van der Waals surface area contributed by atoms with Crippen LogP contribution < -0.4 is 5.32 Å². The minimum Gasteiger partial charge on any atom is -0.380 e. The first-order chi connectivity index (χ1) is 13.5. The van der Waals surface area contributed by atoms with Crippen LogP contribution >= 0.6 is 0 Å². The lowest BCUT2D eigenvalue weighted by Crippen LogP contribution is -2.33. The summed E-state index contributed by atoms with van der Waals surface area (Å²) in [5, 5.41) is 10.6. The van der Waals surface area contributed by atoms with Crippen LogP contribution in [0.1, 0.15) is 44.9 Å². The fourth-order valence-electron chi connectivity index (χ4n) is 3.10. The molecule has 6 heteroatoms. The Labute approximate surface area is 163 Å². The molecule has 0 aliphatic heterocycles. The number of Topliss-reactive ketones (excluding diaryl/α,β-unsaturated/α-hetero) is 2. The largest absolute Gasteiger partial charge is 0.380 e. The second-order valence-electron chi connectivity index (χ2n) is 6.71. The van der Waals surface area contributed by atoms with Crippen LogP contribution in [0, 0.1) is 5.92 Å². The number of carbonyl (C=O) groups is 3. The molecule has 28 heavy (non-hydrogen) atoms. The van der Waals surface area contributed by atoms with Gasteiger partial charge >= 0.3 is 0 Å². The van der Waals surface area contributed by atoms with E-state index in [4.69, 9.17) is 0 Å². The molecule has 0 atom stereocenters. The van der Waals surface area contributed by atoms with E-state index in [1.807, 2.05) is 19.9 Å². The third-order valence-corrected chi connectivity index (χ3v) is 4.43. The second kappa shape index (κ2) is 8.52. The highest BCUT2D eigenvalue weighted by atomic mass is 16.2. The number of fused-ring (bicyclic) bond motifs is 1. The number of amides is 1. The summed E-state index contributed by atoms with van der Waals surface area (Å²) in [7, 11) is 0. The zero-order valence-corrected chi connectivity index (χ0v) is 15.8. The number of rotatable bonds is 6. The summed E-state index contributed by atoms with van der Waals surface area (Å²) >= 11 is 0. The van der Waals surface area contributed by atoms with Crippen molar-refractivity contribution in [2.24, 2.45) is 16.1 Å². The van der Waals surface area contributed by atoms with Crippen LogP contribution in [0.5, 0.6) is 0 Å². The Kier molecular flexibility index (Phi) is 5.89. The number of allylic oxidation sites excluding steroid dienone is 2. The Balaban J connectivity index is 1.69. The van der Waals surface area contributed by atoms with Gasteiger partial charge in [-0.2, -0.15) is 5.11 Å². The van der Waals surface area contributed by atoms with E-state index in [0.29, 0.717) is 28.0 Å². The standard InChI is InChI=1S/C22H21N3O3/c1-14(2)18-19(21(27)17-11-7-6-10-16(17)20(18)26)23-12-13-24-25-22(28)15-8-4-3-5-9-15/h3-11,14,23H,12-13H2,1-2H3. The van der Waals surface area contributed by atoms with Gasteiger partial charge in [0.25, 0.3) is 5.91 Å². The van der Waals surface area contributed by atoms with Crippen molar-refractivity contribution < 1.29 is 14.4 Å². The minimum absolute atomic E-state index is 0.103. The van der Waals surface area contributed by atoms with Gasteiger partial charge in [-0.1, -0.05) is 56.3 Å². The van der Waals surface area contributed by atoms with E-state index in [1.54, 1.807) is 48.5 Å². The van der Waals surface area contributed by atoms with Gasteiger partial charge in [0.15, 0.2) is 5.78 Å². The molecule has 0 bridgehead atoms. The molecule has 142 valence electrons. The maximum absolute atomic E-state index is 12.9. The average molecular weight is 375 g/mol. The Bertz CT molecular complexity index is 976. The molecule has 0 unspecified atom stereocenters. The van der Waals surface area contributed by atoms with E-state index >= 15 is 0 Å². The van der Waals surface area contributed by atoms with Crippen molar-refractivity contribution in [3.8, 4) is 0 Å². The number of ketones is 2. The van der Waals surface area contributed by atoms with Crippen LogP contribution in [0.4, 0.5) is 0 Å². The van der Waals surface area contributed by atoms with Crippen molar-refractivity contribution in [1.82, 2.24) is 5.32 Å². The summed E-state index contributed by atoms with van der Waals surface area (Å²) in [5.74, 6) is -0.848. The zero-order chi connectivity index (χ0) is 20.1. The number of carbonyl (C=O) groups excluding carboxylic acids is 3. The molecule has 3 rings (SSSR count). The van der Waals surface area contributed by atoms with Crippen molar-refractivity contribution in [3.63, 3.8) is 0 Å². The highest BCUT2D eigenvalue weighted by Crippen LogP contribution is 2.29. The molecule has 1 amide bonds. The zero-order valence-electron chi connectivity index (χ0n) is 15.8. The third kappa shape index (κ3) is 3.96. The van der Waals surface area contributed by atoms with Crippen molar-refractivity contribution in [3.05, 3.63) is 82.6 Å². The molecule has 1 N–H and O–H groups in total. The molecule has 2 aromatic rings. The topological polar surface area (TPSA) is 88.0 Å². The first kappa shape index (κ1) is 19.4. The molecule has 2 aromatic carbocycles. The van der Waals surface area contributed by atoms with Crippen LogP contribution in [0.15, 0.2) is 76.1 Å². The predicted octanol–water partition coefficient (Wildman–Crippen LogP) is 3.86. The summed E-state index contributed by atoms with van der Waals surface area (Å²) in [5.41, 5.74) is 2.09. The highest BCUT2D eigenvalue weighted by molar-refractivity contribution is 6.26. The van der Waals surface area contributed by atoms with E-state index in [2.05, 4.69) is 15.5 Å². The van der Waals surface area contributed by atoms with Gasteiger partial charge in [0.2, 0.25) is 5.78 Å². The number of hydrogen-bond donors (Lipinski definition) is 1. The normalized spacial score (nSPS) is 14.0. The summed E-state index contributed by atoms with van der Waals surface area (Å²) in [6.45, 7) is 4.26. The van der Waals surface area contributed by atoms with Gasteiger partial charge in [-0.15, -0.1) is 5.11 Å². The number of azo groups is 1. The molecule has 0 aromatic heterocycles. The summed E-state index contributed by atoms with van der Waals surface area (Å²) < 4.78 is 0. The maximum Gasteiger partial charge on any atom is 0.295 e. The Morgan fingerprint density at radius 2 is 1.54 bits per heavy atom. The van der Waals surface area contributed by atoms with Crippen LogP contribution in [-0.4, -0.2) is 30.6 Å². The SMILES string of the molecule is CC(C)C1=C(NCCN=NC(=O)c2ccccc2)C(=O)c2ccccc2C1=O. The number of benzene rings is 2. The molecule has 0 spiro atoms. The van der Waals surface area contributed by atoms with E-state index in [9.17, 15) is 14.4 Å². The maximum atomic E-state index is 12.9. The van der Waals surface area contributed by atoms with Crippen LogP contribution in [-0.2, 0) is 0 Å². The van der Waals surface area contributed by atoms with Crippen LogP contribution in [0.3, 0.4) is 0 Å². The fraction of sp³-hybridized carbons (Fsp3) is 0.227. The predicted molar refractivity (Wildman–Crippen MR) is 105 cm³/mol. The number of nitrogens with zero attached hydrogens (tertiary/aromatic N) is 2. The Morgan fingerprint density at radius 3 is 2.18 bits per heavy atom. The number of nitrogens with one attached hydrogen (secondary N) is 1. The lowest BCUT2D eigenvalue weighted by molar-refractivity contribution is 0.0961. The van der Waals surface area contributed by atoms with Gasteiger partial charge in [-0.05, 0) is 18.1 Å². The molecule has 6 nitrogen and oxygen atoms in total. The molecule has 1 aliphatic rings. The molecule has 0 heterocycles. The van der Waals surface area contributed by atoms with Crippen molar-refractivity contribution >= 4 is 17.5 Å². The Morgan fingerprint density at radius 1 is 0.929 bits per heavy atom. The van der Waals surface area contributed by atoms with E-state index in [1.165, 1.54) is 0 Å². The quantitative estimate of drug-likeness (QED) is 0.613. The number of hydrogen-bond acceptors (Lipinski definition) is 5. The fourth-order valence-corrected chi connectivity index (χ4v) is 3.10. The van der Waals surface area contributed by atoms with E-state index in [0.717, 1.165) is 0 Å². The smallest absolute Gasteiger partial charge is 0.295 e. The summed E-state index contributed by atoms with van der Waals surface area (Å²) in [4.78, 5) is 37.6. The molecule has 0 radical (unpaired) electrons. The first-order valence-corrected chi connectivity index (χ1v) is 9.14. The second-order valence-corrected chi connectivity index (χ2v) is 6.71. The van der Waals surface area contributed by atoms with Crippen molar-refractivity contribution in [1.29, 1.82) is 0 Å². The molecule has 0 saturated heterocycles. The van der Waals surface area contributed by atoms with Crippen molar-refractivity contribution in [2.45, 2.75) is 13.8 Å². The van der Waals surface area contributed by atoms with Gasteiger partial charge in [0, 0.05) is 28.8 Å². The lowest BCUT2D eigenvalue weighted by atomic mass is 9.82. The monoisotopic (exact) mass is 375 g/mol. The average Bonchev–Trinajstić information content (AvgIpc) is 2.71.